The van der Waals surface area contributed by atoms with Crippen LogP contribution in [0, 0.1) is 13.8 Å². The molecule has 2 nitrogen and oxygen atoms in total. The summed E-state index contributed by atoms with van der Waals surface area (Å²) in [5.74, 6) is 0. The van der Waals surface area contributed by atoms with Gasteiger partial charge in [-0.25, -0.2) is 0 Å². The molecule has 0 spiro atoms. The van der Waals surface area contributed by atoms with E-state index in [2.05, 4.69) is 61.6 Å². The molecule has 3 rings (SSSR count). The molecule has 2 aromatic carbocycles. The Kier molecular flexibility index (Phi) is 4.37. The first-order valence-corrected chi connectivity index (χ1v) is 7.71. The molecule has 21 heavy (non-hydrogen) atoms. The number of aryl methyl sites for hydroxylation is 2. The van der Waals surface area contributed by atoms with Crippen LogP contribution in [0.3, 0.4) is 0 Å². The van der Waals surface area contributed by atoms with Crippen molar-refractivity contribution in [1.82, 2.24) is 5.32 Å². The fourth-order valence-electron chi connectivity index (χ4n) is 3.04. The van der Waals surface area contributed by atoms with E-state index in [1.165, 1.54) is 27.8 Å². The summed E-state index contributed by atoms with van der Waals surface area (Å²) in [6.07, 6.45) is 1.48. The van der Waals surface area contributed by atoms with Crippen molar-refractivity contribution in [1.29, 1.82) is 0 Å². The molecule has 1 aliphatic rings. The predicted molar refractivity (Wildman–Crippen MR) is 87.4 cm³/mol. The second kappa shape index (κ2) is 6.42. The molecule has 1 fully saturated rings. The topological polar surface area (TPSA) is 21.3 Å². The third kappa shape index (κ3) is 3.52. The highest BCUT2D eigenvalue weighted by Gasteiger charge is 2.15. The van der Waals surface area contributed by atoms with Gasteiger partial charge in [0.25, 0.3) is 0 Å². The van der Waals surface area contributed by atoms with Gasteiger partial charge in [-0.3, -0.25) is 0 Å². The van der Waals surface area contributed by atoms with Crippen LogP contribution in [0.25, 0.3) is 11.1 Å². The van der Waals surface area contributed by atoms with Crippen LogP contribution in [0.5, 0.6) is 0 Å². The Morgan fingerprint density at radius 3 is 2.57 bits per heavy atom. The Labute approximate surface area is 127 Å². The van der Waals surface area contributed by atoms with Crippen molar-refractivity contribution in [3.8, 4) is 11.1 Å². The first-order valence-electron chi connectivity index (χ1n) is 7.71. The van der Waals surface area contributed by atoms with E-state index in [-0.39, 0.29) is 0 Å². The molecule has 0 amide bonds. The highest BCUT2D eigenvalue weighted by Crippen LogP contribution is 2.26. The van der Waals surface area contributed by atoms with Crippen LogP contribution < -0.4 is 5.32 Å². The lowest BCUT2D eigenvalue weighted by atomic mass is 9.97. The van der Waals surface area contributed by atoms with Crippen LogP contribution in [-0.4, -0.2) is 19.2 Å². The number of benzene rings is 2. The van der Waals surface area contributed by atoms with Gasteiger partial charge >= 0.3 is 0 Å². The van der Waals surface area contributed by atoms with E-state index in [0.717, 1.165) is 19.5 Å². The Bertz CT molecular complexity index is 594. The van der Waals surface area contributed by atoms with Crippen LogP contribution >= 0.6 is 0 Å². The molecule has 1 aliphatic heterocycles. The minimum absolute atomic E-state index is 0.359. The first-order chi connectivity index (χ1) is 10.2. The van der Waals surface area contributed by atoms with Gasteiger partial charge in [0.05, 0.1) is 12.7 Å². The van der Waals surface area contributed by atoms with Crippen LogP contribution in [0.4, 0.5) is 0 Å². The Morgan fingerprint density at radius 2 is 1.86 bits per heavy atom. The van der Waals surface area contributed by atoms with Gasteiger partial charge < -0.3 is 10.1 Å². The maximum atomic E-state index is 6.05. The lowest BCUT2D eigenvalue weighted by Gasteiger charge is -2.14. The average molecular weight is 281 g/mol. The summed E-state index contributed by atoms with van der Waals surface area (Å²) in [5, 5.41) is 3.34. The molecular weight excluding hydrogens is 258 g/mol. The highest BCUT2D eigenvalue weighted by molar-refractivity contribution is 5.68. The molecule has 0 aliphatic carbocycles. The largest absolute Gasteiger partial charge is 0.372 e. The highest BCUT2D eigenvalue weighted by atomic mass is 16.5. The van der Waals surface area contributed by atoms with E-state index >= 15 is 0 Å². The normalized spacial score (nSPS) is 18.1. The number of hydrogen-bond donors (Lipinski definition) is 1. The van der Waals surface area contributed by atoms with E-state index in [1.54, 1.807) is 0 Å². The molecule has 110 valence electrons. The number of hydrogen-bond acceptors (Lipinski definition) is 2. The van der Waals surface area contributed by atoms with Crippen molar-refractivity contribution in [2.45, 2.75) is 33.0 Å². The molecule has 1 heterocycles. The maximum absolute atomic E-state index is 6.05. The van der Waals surface area contributed by atoms with E-state index in [0.29, 0.717) is 12.7 Å². The van der Waals surface area contributed by atoms with Crippen LogP contribution in [0.15, 0.2) is 42.5 Å². The van der Waals surface area contributed by atoms with E-state index in [9.17, 15) is 0 Å². The molecule has 1 N–H and O–H groups in total. The van der Waals surface area contributed by atoms with Gasteiger partial charge in [0.2, 0.25) is 0 Å². The Balaban J connectivity index is 1.84. The molecule has 2 aromatic rings. The standard InChI is InChI=1S/C19H23NO/c1-14-9-15(2)11-17(10-14)19-6-4-3-5-16(19)13-21-18-7-8-20-12-18/h3-6,9-11,18,20H,7-8,12-13H2,1-2H3. The summed E-state index contributed by atoms with van der Waals surface area (Å²) in [6, 6.07) is 15.3. The van der Waals surface area contributed by atoms with Gasteiger partial charge in [-0.1, -0.05) is 53.6 Å². The number of ether oxygens (including phenoxy) is 1. The zero-order valence-corrected chi connectivity index (χ0v) is 12.9. The zero-order chi connectivity index (χ0) is 14.7. The monoisotopic (exact) mass is 281 g/mol. The molecule has 0 radical (unpaired) electrons. The van der Waals surface area contributed by atoms with Gasteiger partial charge in [0.15, 0.2) is 0 Å². The molecular formula is C19H23NO. The van der Waals surface area contributed by atoms with Crippen molar-refractivity contribution in [3.05, 3.63) is 59.2 Å². The van der Waals surface area contributed by atoms with Crippen molar-refractivity contribution in [2.75, 3.05) is 13.1 Å². The van der Waals surface area contributed by atoms with Crippen molar-refractivity contribution in [3.63, 3.8) is 0 Å². The van der Waals surface area contributed by atoms with Gasteiger partial charge in [-0.15, -0.1) is 0 Å². The molecule has 0 saturated carbocycles. The third-order valence-electron chi connectivity index (χ3n) is 4.04. The van der Waals surface area contributed by atoms with E-state index in [1.807, 2.05) is 0 Å². The Morgan fingerprint density at radius 1 is 1.10 bits per heavy atom. The van der Waals surface area contributed by atoms with E-state index in [4.69, 9.17) is 4.74 Å². The average Bonchev–Trinajstić information content (AvgIpc) is 2.98. The lowest BCUT2D eigenvalue weighted by Crippen LogP contribution is -2.16. The number of nitrogens with one attached hydrogen (secondary N) is 1. The predicted octanol–water partition coefficient (Wildman–Crippen LogP) is 3.85. The maximum Gasteiger partial charge on any atom is 0.0727 e. The van der Waals surface area contributed by atoms with Crippen molar-refractivity contribution in [2.24, 2.45) is 0 Å². The fourth-order valence-corrected chi connectivity index (χ4v) is 3.04. The number of rotatable bonds is 4. The summed E-state index contributed by atoms with van der Waals surface area (Å²) >= 11 is 0. The second-order valence-electron chi connectivity index (χ2n) is 5.96. The summed E-state index contributed by atoms with van der Waals surface area (Å²) in [4.78, 5) is 0. The summed E-state index contributed by atoms with van der Waals surface area (Å²) in [6.45, 7) is 7.05. The second-order valence-corrected chi connectivity index (χ2v) is 5.96. The summed E-state index contributed by atoms with van der Waals surface area (Å²) < 4.78 is 6.05. The van der Waals surface area contributed by atoms with Gasteiger partial charge in [0.1, 0.15) is 0 Å². The molecule has 0 bridgehead atoms. The van der Waals surface area contributed by atoms with Gasteiger partial charge in [-0.05, 0) is 43.5 Å². The van der Waals surface area contributed by atoms with Crippen LogP contribution in [0.2, 0.25) is 0 Å². The SMILES string of the molecule is Cc1cc(C)cc(-c2ccccc2COC2CCNC2)c1. The minimum Gasteiger partial charge on any atom is -0.372 e. The lowest BCUT2D eigenvalue weighted by molar-refractivity contribution is 0.0545. The zero-order valence-electron chi connectivity index (χ0n) is 12.9. The molecule has 1 saturated heterocycles. The smallest absolute Gasteiger partial charge is 0.0727 e. The first kappa shape index (κ1) is 14.3. The van der Waals surface area contributed by atoms with Crippen molar-refractivity contribution < 1.29 is 4.74 Å². The van der Waals surface area contributed by atoms with Crippen molar-refractivity contribution >= 4 is 0 Å². The van der Waals surface area contributed by atoms with E-state index < -0.39 is 0 Å². The quantitative estimate of drug-likeness (QED) is 0.919. The molecule has 1 atom stereocenters. The fraction of sp³-hybridized carbons (Fsp3) is 0.368. The minimum atomic E-state index is 0.359. The summed E-state index contributed by atoms with van der Waals surface area (Å²) in [7, 11) is 0. The molecule has 2 heteroatoms. The van der Waals surface area contributed by atoms with Crippen LogP contribution in [0.1, 0.15) is 23.1 Å². The van der Waals surface area contributed by atoms with Crippen LogP contribution in [-0.2, 0) is 11.3 Å². The van der Waals surface area contributed by atoms with Gasteiger partial charge in [-0.2, -0.15) is 0 Å². The Hall–Kier alpha value is -1.64. The molecule has 0 aromatic heterocycles. The summed E-state index contributed by atoms with van der Waals surface area (Å²) in [5.41, 5.74) is 6.46. The molecule has 1 unspecified atom stereocenters. The van der Waals surface area contributed by atoms with Gasteiger partial charge in [0, 0.05) is 6.54 Å². The third-order valence-corrected chi connectivity index (χ3v) is 4.04.